The zero-order valence-electron chi connectivity index (χ0n) is 7.34. The van der Waals surface area contributed by atoms with Crippen molar-refractivity contribution >= 4 is 5.69 Å². The molecule has 0 aromatic carbocycles. The predicted molar refractivity (Wildman–Crippen MR) is 51.5 cm³/mol. The van der Waals surface area contributed by atoms with Crippen LogP contribution in [-0.4, -0.2) is 11.6 Å². The molecule has 2 N–H and O–H groups in total. The van der Waals surface area contributed by atoms with E-state index in [1.165, 1.54) is 6.07 Å². The van der Waals surface area contributed by atoms with Gasteiger partial charge in [-0.1, -0.05) is 7.43 Å². The van der Waals surface area contributed by atoms with E-state index < -0.39 is 6.61 Å². The number of pyridine rings is 1. The predicted octanol–water partition coefficient (Wildman–Crippen LogP) is 2.52. The first-order valence-corrected chi connectivity index (χ1v) is 3.69. The summed E-state index contributed by atoms with van der Waals surface area (Å²) in [6.07, 6.45) is 0. The summed E-state index contributed by atoms with van der Waals surface area (Å²) < 4.78 is 27.7. The number of aromatic nitrogens is 1. The SMILES string of the molecule is C.Cc1cc(OC(F)F)nc(C)c1N. The first-order valence-electron chi connectivity index (χ1n) is 3.69. The molecule has 0 saturated carbocycles. The van der Waals surface area contributed by atoms with Gasteiger partial charge in [0.25, 0.3) is 0 Å². The first-order chi connectivity index (χ1) is 6.00. The number of ether oxygens (including phenoxy) is 1. The molecule has 0 radical (unpaired) electrons. The number of nitrogen functional groups attached to an aromatic ring is 1. The van der Waals surface area contributed by atoms with E-state index in [0.717, 1.165) is 0 Å². The number of halogens is 2. The molecule has 0 aliphatic rings. The topological polar surface area (TPSA) is 48.1 Å². The highest BCUT2D eigenvalue weighted by Gasteiger charge is 2.08. The van der Waals surface area contributed by atoms with Crippen molar-refractivity contribution in [2.24, 2.45) is 0 Å². The fourth-order valence-electron chi connectivity index (χ4n) is 0.958. The minimum Gasteiger partial charge on any atom is -0.417 e. The van der Waals surface area contributed by atoms with Crippen molar-refractivity contribution in [1.29, 1.82) is 0 Å². The van der Waals surface area contributed by atoms with Crippen molar-refractivity contribution in [3.63, 3.8) is 0 Å². The molecule has 0 amide bonds. The summed E-state index contributed by atoms with van der Waals surface area (Å²) >= 11 is 0. The molecule has 0 spiro atoms. The van der Waals surface area contributed by atoms with Gasteiger partial charge < -0.3 is 10.5 Å². The summed E-state index contributed by atoms with van der Waals surface area (Å²) in [7, 11) is 0. The molecule has 1 aromatic rings. The highest BCUT2D eigenvalue weighted by atomic mass is 19.3. The molecular formula is C9H14F2N2O. The lowest BCUT2D eigenvalue weighted by atomic mass is 10.2. The van der Waals surface area contributed by atoms with Crippen molar-refractivity contribution in [3.05, 3.63) is 17.3 Å². The molecule has 0 saturated heterocycles. The smallest absolute Gasteiger partial charge is 0.388 e. The summed E-state index contributed by atoms with van der Waals surface area (Å²) in [5.74, 6) is -0.0980. The second-order valence-corrected chi connectivity index (χ2v) is 2.65. The number of aryl methyl sites for hydroxylation is 2. The van der Waals surface area contributed by atoms with E-state index in [-0.39, 0.29) is 13.3 Å². The van der Waals surface area contributed by atoms with Crippen LogP contribution in [0.1, 0.15) is 18.7 Å². The van der Waals surface area contributed by atoms with E-state index in [4.69, 9.17) is 5.73 Å². The van der Waals surface area contributed by atoms with Gasteiger partial charge in [-0.25, -0.2) is 4.98 Å². The summed E-state index contributed by atoms with van der Waals surface area (Å²) in [6.45, 7) is 0.498. The Balaban J connectivity index is 0.00000169. The number of hydrogen-bond donors (Lipinski definition) is 1. The highest BCUT2D eigenvalue weighted by molar-refractivity contribution is 5.51. The number of hydrogen-bond acceptors (Lipinski definition) is 3. The van der Waals surface area contributed by atoms with Crippen LogP contribution in [0.3, 0.4) is 0 Å². The van der Waals surface area contributed by atoms with Gasteiger partial charge in [0.2, 0.25) is 5.88 Å². The highest BCUT2D eigenvalue weighted by Crippen LogP contribution is 2.20. The van der Waals surface area contributed by atoms with Crippen LogP contribution in [-0.2, 0) is 0 Å². The molecule has 0 atom stereocenters. The second-order valence-electron chi connectivity index (χ2n) is 2.65. The largest absolute Gasteiger partial charge is 0.417 e. The van der Waals surface area contributed by atoms with Crippen LogP contribution in [0, 0.1) is 13.8 Å². The first kappa shape index (κ1) is 12.6. The zero-order valence-corrected chi connectivity index (χ0v) is 7.34. The molecule has 0 aliphatic carbocycles. The number of nitrogens with zero attached hydrogens (tertiary/aromatic N) is 1. The van der Waals surface area contributed by atoms with E-state index in [0.29, 0.717) is 16.9 Å². The van der Waals surface area contributed by atoms with Crippen molar-refractivity contribution < 1.29 is 13.5 Å². The molecule has 5 heteroatoms. The van der Waals surface area contributed by atoms with E-state index in [1.54, 1.807) is 13.8 Å². The fourth-order valence-corrected chi connectivity index (χ4v) is 0.958. The van der Waals surface area contributed by atoms with Crippen LogP contribution in [0.4, 0.5) is 14.5 Å². The Bertz CT molecular complexity index is 293. The number of anilines is 1. The van der Waals surface area contributed by atoms with Crippen LogP contribution >= 0.6 is 0 Å². The van der Waals surface area contributed by atoms with Crippen molar-refractivity contribution in [2.45, 2.75) is 27.9 Å². The normalized spacial score (nSPS) is 9.79. The Morgan fingerprint density at radius 3 is 2.43 bits per heavy atom. The van der Waals surface area contributed by atoms with E-state index in [1.807, 2.05) is 0 Å². The minimum absolute atomic E-state index is 0. The van der Waals surface area contributed by atoms with E-state index >= 15 is 0 Å². The molecule has 1 heterocycles. The molecule has 3 nitrogen and oxygen atoms in total. The zero-order chi connectivity index (χ0) is 10.0. The Morgan fingerprint density at radius 1 is 1.43 bits per heavy atom. The molecule has 0 unspecified atom stereocenters. The fraction of sp³-hybridized carbons (Fsp3) is 0.444. The summed E-state index contributed by atoms with van der Waals surface area (Å²) in [6, 6.07) is 1.38. The Hall–Kier alpha value is -1.39. The molecule has 80 valence electrons. The molecule has 0 fully saturated rings. The third kappa shape index (κ3) is 2.83. The summed E-state index contributed by atoms with van der Waals surface area (Å²) in [5.41, 5.74) is 7.26. The third-order valence-corrected chi connectivity index (χ3v) is 1.64. The van der Waals surface area contributed by atoms with Crippen molar-refractivity contribution in [3.8, 4) is 5.88 Å². The maximum absolute atomic E-state index is 11.8. The Kier molecular flexibility index (Phi) is 4.27. The van der Waals surface area contributed by atoms with Gasteiger partial charge in [0.15, 0.2) is 0 Å². The van der Waals surface area contributed by atoms with Crippen LogP contribution in [0.2, 0.25) is 0 Å². The second kappa shape index (κ2) is 4.74. The number of nitrogens with two attached hydrogens (primary N) is 1. The van der Waals surface area contributed by atoms with Crippen molar-refractivity contribution in [2.75, 3.05) is 5.73 Å². The van der Waals surface area contributed by atoms with E-state index in [9.17, 15) is 8.78 Å². The molecular weight excluding hydrogens is 190 g/mol. The Morgan fingerprint density at radius 2 is 2.00 bits per heavy atom. The standard InChI is InChI=1S/C8H10F2N2O.CH4/c1-4-3-6(13-8(9)10)12-5(2)7(4)11;/h3,8H,11H2,1-2H3;1H4. The summed E-state index contributed by atoms with van der Waals surface area (Å²) in [5, 5.41) is 0. The average Bonchev–Trinajstić information content (AvgIpc) is 1.98. The van der Waals surface area contributed by atoms with Gasteiger partial charge in [0.05, 0.1) is 11.4 Å². The van der Waals surface area contributed by atoms with Crippen molar-refractivity contribution in [1.82, 2.24) is 4.98 Å². The lowest BCUT2D eigenvalue weighted by molar-refractivity contribution is -0.0529. The number of rotatable bonds is 2. The van der Waals surface area contributed by atoms with Gasteiger partial charge in [-0.05, 0) is 19.4 Å². The van der Waals surface area contributed by atoms with Crippen LogP contribution in [0.25, 0.3) is 0 Å². The molecule has 0 bridgehead atoms. The van der Waals surface area contributed by atoms with Crippen LogP contribution in [0.5, 0.6) is 5.88 Å². The molecule has 1 aromatic heterocycles. The van der Waals surface area contributed by atoms with Gasteiger partial charge in [0, 0.05) is 6.07 Å². The van der Waals surface area contributed by atoms with Gasteiger partial charge in [-0.15, -0.1) is 0 Å². The lowest BCUT2D eigenvalue weighted by Gasteiger charge is -2.08. The lowest BCUT2D eigenvalue weighted by Crippen LogP contribution is -2.06. The minimum atomic E-state index is -2.85. The van der Waals surface area contributed by atoms with Gasteiger partial charge in [-0.3, -0.25) is 0 Å². The van der Waals surface area contributed by atoms with E-state index in [2.05, 4.69) is 9.72 Å². The molecule has 0 aliphatic heterocycles. The quantitative estimate of drug-likeness (QED) is 0.805. The Labute approximate surface area is 81.9 Å². The monoisotopic (exact) mass is 204 g/mol. The van der Waals surface area contributed by atoms with Crippen LogP contribution < -0.4 is 10.5 Å². The van der Waals surface area contributed by atoms with Gasteiger partial charge in [-0.2, -0.15) is 8.78 Å². The maximum atomic E-state index is 11.8. The number of alkyl halides is 2. The summed E-state index contributed by atoms with van der Waals surface area (Å²) in [4.78, 5) is 3.75. The average molecular weight is 204 g/mol. The maximum Gasteiger partial charge on any atom is 0.388 e. The molecule has 1 rings (SSSR count). The van der Waals surface area contributed by atoms with Gasteiger partial charge >= 0.3 is 6.61 Å². The molecule has 14 heavy (non-hydrogen) atoms. The van der Waals surface area contributed by atoms with Crippen LogP contribution in [0.15, 0.2) is 6.07 Å². The van der Waals surface area contributed by atoms with Gasteiger partial charge in [0.1, 0.15) is 0 Å². The third-order valence-electron chi connectivity index (χ3n) is 1.64.